The van der Waals surface area contributed by atoms with Crippen LogP contribution >= 0.6 is 0 Å². The molecule has 424 valence electrons. The molecule has 0 bridgehead atoms. The van der Waals surface area contributed by atoms with Crippen LogP contribution in [0.4, 0.5) is 17.1 Å². The van der Waals surface area contributed by atoms with Crippen molar-refractivity contribution < 1.29 is 0 Å². The van der Waals surface area contributed by atoms with Crippen LogP contribution in [0, 0.1) is 0 Å². The van der Waals surface area contributed by atoms with Gasteiger partial charge in [-0.2, -0.15) is 0 Å². The molecule has 0 unspecified atom stereocenters. The van der Waals surface area contributed by atoms with Crippen molar-refractivity contribution in [2.75, 3.05) is 4.90 Å². The minimum Gasteiger partial charge on any atom is -0.312 e. The molecule has 4 nitrogen and oxygen atoms in total. The average molecular weight is 1130 g/mol. The van der Waals surface area contributed by atoms with Gasteiger partial charge >= 0.3 is 0 Å². The lowest BCUT2D eigenvalue weighted by Crippen LogP contribution is -2.64. The van der Waals surface area contributed by atoms with E-state index in [2.05, 4.69) is 308 Å². The van der Waals surface area contributed by atoms with Crippen LogP contribution in [0.25, 0.3) is 105 Å². The number of rotatable bonds is 3. The maximum atomic E-state index is 2.86. The fourth-order valence-electron chi connectivity index (χ4n) is 16.5. The van der Waals surface area contributed by atoms with E-state index in [1.54, 1.807) is 0 Å². The fourth-order valence-corrected chi connectivity index (χ4v) is 16.5. The van der Waals surface area contributed by atoms with Crippen molar-refractivity contribution in [2.24, 2.45) is 0 Å². The van der Waals surface area contributed by atoms with Gasteiger partial charge in [-0.3, -0.25) is 0 Å². The van der Waals surface area contributed by atoms with Crippen LogP contribution in [0.2, 0.25) is 0 Å². The molecule has 0 saturated carbocycles. The summed E-state index contributed by atoms with van der Waals surface area (Å²) in [7, 11) is 0. The van der Waals surface area contributed by atoms with Gasteiger partial charge in [0.15, 0.2) is 0 Å². The molecule has 0 N–H and O–H groups in total. The van der Waals surface area contributed by atoms with Crippen LogP contribution < -0.4 is 37.7 Å². The van der Waals surface area contributed by atoms with E-state index in [-0.39, 0.29) is 35.1 Å². The minimum atomic E-state index is -0.162. The van der Waals surface area contributed by atoms with Crippen LogP contribution in [-0.4, -0.2) is 27.1 Å². The number of nitrogens with zero attached hydrogens (tertiary/aromatic N) is 4. The van der Waals surface area contributed by atoms with Crippen LogP contribution in [0.5, 0.6) is 0 Å². The number of anilines is 3. The maximum absolute atomic E-state index is 2.86. The second-order valence-electron chi connectivity index (χ2n) is 30.0. The Balaban J connectivity index is 1.19. The van der Waals surface area contributed by atoms with E-state index in [4.69, 9.17) is 0 Å². The Labute approximate surface area is 516 Å². The van der Waals surface area contributed by atoms with Gasteiger partial charge in [0.1, 0.15) is 0 Å². The molecule has 0 spiro atoms. The van der Waals surface area contributed by atoms with E-state index in [0.717, 1.165) is 0 Å². The molecule has 0 atom stereocenters. The Morgan fingerprint density at radius 2 is 0.523 bits per heavy atom. The number of aromatic nitrogens is 3. The molecule has 11 aromatic carbocycles. The van der Waals surface area contributed by atoms with Gasteiger partial charge in [-0.05, 0) is 137 Å². The van der Waals surface area contributed by atoms with Crippen molar-refractivity contribution >= 4 is 129 Å². The zero-order valence-corrected chi connectivity index (χ0v) is 52.6. The van der Waals surface area contributed by atoms with Crippen LogP contribution in [0.3, 0.4) is 0 Å². The average Bonchev–Trinajstić information content (AvgIpc) is 1.36. The number of hydrogen-bond donors (Lipinski definition) is 0. The summed E-state index contributed by atoms with van der Waals surface area (Å²) >= 11 is 0. The van der Waals surface area contributed by atoms with Gasteiger partial charge in [-0.25, -0.2) is 0 Å². The number of fused-ring (bicyclic) bond motifs is 19. The Bertz CT molecular complexity index is 5020. The first kappa shape index (κ1) is 51.9. The normalized spacial score (nSPS) is 14.1. The monoisotopic (exact) mass is 1130 g/mol. The summed E-state index contributed by atoms with van der Waals surface area (Å²) in [5, 5.41) is 7.43. The lowest BCUT2D eigenvalue weighted by Gasteiger charge is -2.46. The number of benzene rings is 11. The highest BCUT2D eigenvalue weighted by atomic mass is 15.2. The molecule has 14 aromatic rings. The Morgan fingerprint density at radius 3 is 0.818 bits per heavy atom. The van der Waals surface area contributed by atoms with Gasteiger partial charge in [0.25, 0.3) is 13.4 Å². The van der Waals surface area contributed by atoms with E-state index >= 15 is 0 Å². The van der Waals surface area contributed by atoms with Gasteiger partial charge in [-0.15, -0.1) is 0 Å². The van der Waals surface area contributed by atoms with Crippen molar-refractivity contribution in [1.29, 1.82) is 0 Å². The van der Waals surface area contributed by atoms with Gasteiger partial charge in [0, 0.05) is 49.4 Å². The van der Waals surface area contributed by atoms with Gasteiger partial charge in [0.05, 0.1) is 50.2 Å². The summed E-state index contributed by atoms with van der Waals surface area (Å²) in [4.78, 5) is 2.86. The molecular formula is C82H70B2N4. The van der Waals surface area contributed by atoms with E-state index < -0.39 is 0 Å². The predicted molar refractivity (Wildman–Crippen MR) is 379 cm³/mol. The first-order valence-corrected chi connectivity index (χ1v) is 31.9. The lowest BCUT2D eigenvalue weighted by molar-refractivity contribution is 0.589. The molecule has 4 aliphatic rings. The molecule has 3 aromatic heterocycles. The van der Waals surface area contributed by atoms with Gasteiger partial charge < -0.3 is 18.6 Å². The number of hydrogen-bond acceptors (Lipinski definition) is 1. The highest BCUT2D eigenvalue weighted by Crippen LogP contribution is 2.53. The summed E-state index contributed by atoms with van der Waals surface area (Å²) in [6, 6.07) is 81.0. The minimum absolute atomic E-state index is 0.0732. The molecule has 6 heteroatoms. The van der Waals surface area contributed by atoms with Crippen molar-refractivity contribution in [1.82, 2.24) is 13.7 Å². The third-order valence-electron chi connectivity index (χ3n) is 20.8. The van der Waals surface area contributed by atoms with Crippen molar-refractivity contribution in [2.45, 2.75) is 105 Å². The Hall–Kier alpha value is -9.25. The third kappa shape index (κ3) is 6.79. The first-order chi connectivity index (χ1) is 42.3. The van der Waals surface area contributed by atoms with Crippen LogP contribution in [0.15, 0.2) is 206 Å². The molecule has 0 amide bonds. The van der Waals surface area contributed by atoms with Crippen molar-refractivity contribution in [3.63, 3.8) is 0 Å². The summed E-state index contributed by atoms with van der Waals surface area (Å²) < 4.78 is 8.18. The molecule has 0 saturated heterocycles. The lowest BCUT2D eigenvalue weighted by atomic mass is 9.31. The van der Waals surface area contributed by atoms with E-state index in [1.807, 2.05) is 0 Å². The zero-order valence-electron chi connectivity index (χ0n) is 52.6. The van der Waals surface area contributed by atoms with Crippen LogP contribution in [-0.2, 0) is 21.7 Å². The predicted octanol–water partition coefficient (Wildman–Crippen LogP) is 17.3. The molecule has 4 aliphatic heterocycles. The second kappa shape index (κ2) is 17.3. The topological polar surface area (TPSA) is 18.0 Å². The summed E-state index contributed by atoms with van der Waals surface area (Å²) in [6.45, 7) is 28.4. The zero-order chi connectivity index (χ0) is 60.0. The molecule has 88 heavy (non-hydrogen) atoms. The molecule has 18 rings (SSSR count). The van der Waals surface area contributed by atoms with Gasteiger partial charge in [-0.1, -0.05) is 252 Å². The highest BCUT2D eigenvalue weighted by Gasteiger charge is 2.54. The largest absolute Gasteiger partial charge is 0.312 e. The van der Waals surface area contributed by atoms with E-state index in [1.165, 1.54) is 177 Å². The molecule has 0 aliphatic carbocycles. The quantitative estimate of drug-likeness (QED) is 0.161. The second-order valence-corrected chi connectivity index (χ2v) is 30.0. The molecule has 0 radical (unpaired) electrons. The molecular weight excluding hydrogens is 1060 g/mol. The Kier molecular flexibility index (Phi) is 10.2. The standard InChI is InChI=1S/C82H70B2N4/c1-79(2,3)47-37-39-61-57(41-47)59-43-49(81(7,8)9)45-69-71(59)83(61)73-75-74(84-62-40-38-48(80(4,5)6)42-58(62)60-44-50(82(10,11)12)46-70(72(60)84)88(69)75)77(86-65-33-21-15-27-53(65)54-28-16-22-34-66(54)86)78(87-67-35-23-17-29-55(67)56-30-18-24-36-68(56)87)76(73)85-63-31-19-13-25-51(63)52-26-14-20-32-64(52)85/h13-46H,1-12H3. The molecule has 0 fully saturated rings. The Morgan fingerprint density at radius 1 is 0.250 bits per heavy atom. The summed E-state index contributed by atoms with van der Waals surface area (Å²) in [5.74, 6) is 0. The summed E-state index contributed by atoms with van der Waals surface area (Å²) in [5.41, 5.74) is 33.1. The van der Waals surface area contributed by atoms with E-state index in [0.29, 0.717) is 0 Å². The van der Waals surface area contributed by atoms with E-state index in [9.17, 15) is 0 Å². The SMILES string of the molecule is CC(C)(C)c1ccc2c(c1)-c1cc(C(C)(C)C)cc3c1B2c1c2c(c(-n4c5ccccc5c5ccccc54)c(-n4c5ccccc5c5ccccc54)c1-n1c4ccccc4c4ccccc41)B1c4ccc(C(C)(C)C)cc4-c4cc(C(C)(C)C)cc(c41)N32. The number of para-hydroxylation sites is 6. The fraction of sp³-hybridized carbons (Fsp3) is 0.195. The summed E-state index contributed by atoms with van der Waals surface area (Å²) in [6.07, 6.45) is 0. The van der Waals surface area contributed by atoms with Crippen LogP contribution in [0.1, 0.15) is 105 Å². The third-order valence-corrected chi connectivity index (χ3v) is 20.8. The van der Waals surface area contributed by atoms with Crippen molar-refractivity contribution in [3.8, 4) is 39.3 Å². The molecule has 7 heterocycles. The maximum Gasteiger partial charge on any atom is 0.251 e. The van der Waals surface area contributed by atoms with Gasteiger partial charge in [0.2, 0.25) is 0 Å². The van der Waals surface area contributed by atoms with Crippen molar-refractivity contribution in [3.05, 3.63) is 229 Å². The highest BCUT2D eigenvalue weighted by molar-refractivity contribution is 7.06. The smallest absolute Gasteiger partial charge is 0.251 e. The first-order valence-electron chi connectivity index (χ1n) is 31.9.